The van der Waals surface area contributed by atoms with Crippen molar-refractivity contribution in [1.82, 2.24) is 15.1 Å². The van der Waals surface area contributed by atoms with Crippen LogP contribution in [0.3, 0.4) is 0 Å². The molecule has 21 heavy (non-hydrogen) atoms. The van der Waals surface area contributed by atoms with E-state index in [2.05, 4.69) is 24.3 Å². The molecule has 0 aromatic carbocycles. The van der Waals surface area contributed by atoms with Gasteiger partial charge in [-0.1, -0.05) is 19.8 Å². The molecule has 1 aliphatic heterocycles. The van der Waals surface area contributed by atoms with Crippen LogP contribution in [0.1, 0.15) is 64.1 Å². The fourth-order valence-electron chi connectivity index (χ4n) is 3.77. The highest BCUT2D eigenvalue weighted by atomic mass is 16.1. The van der Waals surface area contributed by atoms with Crippen LogP contribution in [0.25, 0.3) is 0 Å². The van der Waals surface area contributed by atoms with E-state index in [9.17, 15) is 4.79 Å². The van der Waals surface area contributed by atoms with Gasteiger partial charge < -0.3 is 5.32 Å². The van der Waals surface area contributed by atoms with E-state index >= 15 is 0 Å². The van der Waals surface area contributed by atoms with Gasteiger partial charge in [0.2, 0.25) is 0 Å². The maximum absolute atomic E-state index is 12.5. The number of hydrogen-bond donors (Lipinski definition) is 1. The quantitative estimate of drug-likeness (QED) is 0.906. The summed E-state index contributed by atoms with van der Waals surface area (Å²) in [4.78, 5) is 12.5. The molecule has 0 amide bonds. The van der Waals surface area contributed by atoms with Crippen LogP contribution in [0.15, 0.2) is 12.3 Å². The van der Waals surface area contributed by atoms with Crippen LogP contribution in [0, 0.1) is 5.92 Å². The van der Waals surface area contributed by atoms with Crippen LogP contribution in [0.4, 0.5) is 0 Å². The lowest BCUT2D eigenvalue weighted by Gasteiger charge is -2.24. The van der Waals surface area contributed by atoms with Gasteiger partial charge in [-0.15, -0.1) is 0 Å². The van der Waals surface area contributed by atoms with Gasteiger partial charge in [-0.3, -0.25) is 9.48 Å². The number of ketones is 1. The minimum absolute atomic E-state index is 0.0619. The summed E-state index contributed by atoms with van der Waals surface area (Å²) in [7, 11) is 0. The molecule has 1 aromatic rings. The lowest BCUT2D eigenvalue weighted by atomic mass is 9.84. The van der Waals surface area contributed by atoms with Crippen LogP contribution in [-0.2, 0) is 11.2 Å². The average molecular weight is 289 g/mol. The molecule has 4 nitrogen and oxygen atoms in total. The van der Waals surface area contributed by atoms with E-state index < -0.39 is 0 Å². The molecule has 116 valence electrons. The minimum Gasteiger partial charge on any atom is -0.304 e. The van der Waals surface area contributed by atoms with Crippen LogP contribution in [0.2, 0.25) is 0 Å². The Bertz CT molecular complexity index is 482. The highest BCUT2D eigenvalue weighted by Gasteiger charge is 2.37. The molecule has 1 aliphatic carbocycles. The Hall–Kier alpha value is -1.16. The fourth-order valence-corrected chi connectivity index (χ4v) is 3.77. The molecule has 3 rings (SSSR count). The summed E-state index contributed by atoms with van der Waals surface area (Å²) in [5, 5.41) is 8.12. The number of nitrogens with zero attached hydrogens (tertiary/aromatic N) is 2. The Balaban J connectivity index is 1.58. The summed E-state index contributed by atoms with van der Waals surface area (Å²) in [5.41, 5.74) is 0.914. The molecule has 2 aliphatic rings. The van der Waals surface area contributed by atoms with Gasteiger partial charge in [0.1, 0.15) is 0 Å². The topological polar surface area (TPSA) is 46.9 Å². The smallest absolute Gasteiger partial charge is 0.155 e. The van der Waals surface area contributed by atoms with E-state index in [4.69, 9.17) is 0 Å². The third kappa shape index (κ3) is 3.20. The van der Waals surface area contributed by atoms with Gasteiger partial charge in [0.05, 0.1) is 18.2 Å². The zero-order valence-electron chi connectivity index (χ0n) is 13.2. The molecular weight excluding hydrogens is 262 g/mol. The SMILES string of the molecule is CCC(C)n1ccc(CC(=O)C2CC3CCCCC3N2)n1. The summed E-state index contributed by atoms with van der Waals surface area (Å²) in [6.45, 7) is 4.31. The second-order valence-corrected chi connectivity index (χ2v) is 6.79. The predicted octanol–water partition coefficient (Wildman–Crippen LogP) is 2.89. The van der Waals surface area contributed by atoms with E-state index in [1.165, 1.54) is 25.7 Å². The van der Waals surface area contributed by atoms with E-state index in [0.29, 0.717) is 24.3 Å². The number of carbonyl (C=O) groups is 1. The molecule has 2 fully saturated rings. The maximum atomic E-state index is 12.5. The van der Waals surface area contributed by atoms with Gasteiger partial charge in [-0.25, -0.2) is 0 Å². The first-order valence-electron chi connectivity index (χ1n) is 8.50. The monoisotopic (exact) mass is 289 g/mol. The van der Waals surface area contributed by atoms with Gasteiger partial charge in [0.25, 0.3) is 0 Å². The Morgan fingerprint density at radius 2 is 2.29 bits per heavy atom. The lowest BCUT2D eigenvalue weighted by Crippen LogP contribution is -2.37. The first-order valence-corrected chi connectivity index (χ1v) is 8.50. The van der Waals surface area contributed by atoms with Crippen LogP contribution < -0.4 is 5.32 Å². The van der Waals surface area contributed by atoms with Crippen LogP contribution in [-0.4, -0.2) is 27.6 Å². The first kappa shape index (κ1) is 14.8. The van der Waals surface area contributed by atoms with Gasteiger partial charge in [0.15, 0.2) is 5.78 Å². The summed E-state index contributed by atoms with van der Waals surface area (Å²) >= 11 is 0. The molecule has 0 spiro atoms. The standard InChI is InChI=1S/C17H27N3O/c1-3-12(2)20-9-8-14(19-20)11-17(21)16-10-13-6-4-5-7-15(13)18-16/h8-9,12-13,15-16,18H,3-7,10-11H2,1-2H3. The molecule has 2 heterocycles. The Labute approximate surface area is 127 Å². The molecule has 1 saturated carbocycles. The summed E-state index contributed by atoms with van der Waals surface area (Å²) in [5.74, 6) is 1.05. The Kier molecular flexibility index (Phi) is 4.43. The first-order chi connectivity index (χ1) is 10.2. The summed E-state index contributed by atoms with van der Waals surface area (Å²) in [6.07, 6.45) is 9.76. The largest absolute Gasteiger partial charge is 0.304 e. The molecule has 1 aromatic heterocycles. The van der Waals surface area contributed by atoms with Crippen molar-refractivity contribution in [2.75, 3.05) is 0 Å². The zero-order valence-corrected chi connectivity index (χ0v) is 13.2. The van der Waals surface area contributed by atoms with Crippen molar-refractivity contribution in [3.8, 4) is 0 Å². The highest BCUT2D eigenvalue weighted by Crippen LogP contribution is 2.33. The predicted molar refractivity (Wildman–Crippen MR) is 83.2 cm³/mol. The van der Waals surface area contributed by atoms with Crippen molar-refractivity contribution in [2.45, 2.75) is 76.9 Å². The Morgan fingerprint density at radius 3 is 3.05 bits per heavy atom. The molecule has 0 radical (unpaired) electrons. The number of aromatic nitrogens is 2. The van der Waals surface area contributed by atoms with E-state index in [1.54, 1.807) is 0 Å². The van der Waals surface area contributed by atoms with Crippen molar-refractivity contribution in [3.63, 3.8) is 0 Å². The van der Waals surface area contributed by atoms with Gasteiger partial charge >= 0.3 is 0 Å². The summed E-state index contributed by atoms with van der Waals surface area (Å²) < 4.78 is 1.98. The molecule has 0 bridgehead atoms. The fraction of sp³-hybridized carbons (Fsp3) is 0.765. The third-order valence-corrected chi connectivity index (χ3v) is 5.31. The molecule has 4 unspecified atom stereocenters. The van der Waals surface area contributed by atoms with Crippen molar-refractivity contribution in [1.29, 1.82) is 0 Å². The second-order valence-electron chi connectivity index (χ2n) is 6.79. The average Bonchev–Trinajstić information content (AvgIpc) is 3.12. The molecule has 1 saturated heterocycles. The third-order valence-electron chi connectivity index (χ3n) is 5.31. The molecule has 4 heteroatoms. The van der Waals surface area contributed by atoms with Crippen LogP contribution >= 0.6 is 0 Å². The van der Waals surface area contributed by atoms with Gasteiger partial charge in [0, 0.05) is 18.3 Å². The minimum atomic E-state index is 0.0619. The molecule has 4 atom stereocenters. The van der Waals surface area contributed by atoms with E-state index in [1.807, 2.05) is 16.9 Å². The highest BCUT2D eigenvalue weighted by molar-refractivity contribution is 5.86. The number of nitrogens with one attached hydrogen (secondary N) is 1. The number of fused-ring (bicyclic) bond motifs is 1. The van der Waals surface area contributed by atoms with Crippen molar-refractivity contribution in [2.24, 2.45) is 5.92 Å². The second kappa shape index (κ2) is 6.30. The Morgan fingerprint density at radius 1 is 1.48 bits per heavy atom. The number of rotatable bonds is 5. The normalized spacial score (nSPS) is 30.1. The van der Waals surface area contributed by atoms with Crippen molar-refractivity contribution >= 4 is 5.78 Å². The summed E-state index contributed by atoms with van der Waals surface area (Å²) in [6, 6.07) is 3.05. The maximum Gasteiger partial charge on any atom is 0.155 e. The van der Waals surface area contributed by atoms with Crippen LogP contribution in [0.5, 0.6) is 0 Å². The van der Waals surface area contributed by atoms with E-state index in [0.717, 1.165) is 24.5 Å². The molecule has 1 N–H and O–H groups in total. The van der Waals surface area contributed by atoms with Gasteiger partial charge in [-0.05, 0) is 44.6 Å². The zero-order chi connectivity index (χ0) is 14.8. The van der Waals surface area contributed by atoms with Crippen molar-refractivity contribution in [3.05, 3.63) is 18.0 Å². The van der Waals surface area contributed by atoms with Crippen molar-refractivity contribution < 1.29 is 4.79 Å². The number of carbonyl (C=O) groups excluding carboxylic acids is 1. The molecular formula is C17H27N3O. The number of hydrogen-bond acceptors (Lipinski definition) is 3. The van der Waals surface area contributed by atoms with Gasteiger partial charge in [-0.2, -0.15) is 5.10 Å². The lowest BCUT2D eigenvalue weighted by molar-refractivity contribution is -0.120. The number of Topliss-reactive ketones (excluding diaryl/α,β-unsaturated/α-hetero) is 1. The van der Waals surface area contributed by atoms with E-state index in [-0.39, 0.29) is 6.04 Å².